The van der Waals surface area contributed by atoms with Crippen molar-refractivity contribution >= 4 is 12.6 Å². The van der Waals surface area contributed by atoms with Crippen LogP contribution in [0.2, 0.25) is 0 Å². The Morgan fingerprint density at radius 2 is 1.66 bits per heavy atom. The average Bonchev–Trinajstić information content (AvgIpc) is 3.21. The van der Waals surface area contributed by atoms with Gasteiger partial charge in [0.15, 0.2) is 5.79 Å². The number of hydrogen-bond donors (Lipinski definition) is 0. The van der Waals surface area contributed by atoms with Gasteiger partial charge >= 0.3 is 7.12 Å². The molecule has 2 bridgehead atoms. The van der Waals surface area contributed by atoms with Gasteiger partial charge in [0.25, 0.3) is 0 Å². The molecule has 0 N–H and O–H groups in total. The van der Waals surface area contributed by atoms with Crippen molar-refractivity contribution in [3.8, 4) is 11.5 Å². The van der Waals surface area contributed by atoms with E-state index in [1.165, 1.54) is 0 Å². The maximum atomic E-state index is 6.68. The van der Waals surface area contributed by atoms with Crippen molar-refractivity contribution in [3.05, 3.63) is 53.6 Å². The van der Waals surface area contributed by atoms with E-state index in [0.29, 0.717) is 26.1 Å². The first kappa shape index (κ1) is 18.9. The smallest absolute Gasteiger partial charge is 0.494 e. The molecule has 2 aromatic rings. The first-order valence-corrected chi connectivity index (χ1v) is 9.99. The minimum atomic E-state index is -0.867. The van der Waals surface area contributed by atoms with E-state index in [9.17, 15) is 0 Å². The molecule has 0 spiro atoms. The fourth-order valence-corrected chi connectivity index (χ4v) is 4.86. The molecule has 2 fully saturated rings. The molecule has 7 heteroatoms. The minimum Gasteiger partial charge on any atom is -0.496 e. The summed E-state index contributed by atoms with van der Waals surface area (Å²) in [5.41, 5.74) is 2.30. The summed E-state index contributed by atoms with van der Waals surface area (Å²) in [6.45, 7) is 3.07. The Morgan fingerprint density at radius 1 is 0.966 bits per heavy atom. The molecular formula is C22H25BO6. The molecule has 5 rings (SSSR count). The normalized spacial score (nSPS) is 27.4. The Labute approximate surface area is 171 Å². The molecule has 0 amide bonds. The van der Waals surface area contributed by atoms with Gasteiger partial charge in [0.05, 0.1) is 33.5 Å². The van der Waals surface area contributed by atoms with Crippen LogP contribution in [-0.2, 0) is 25.2 Å². The molecule has 1 aliphatic carbocycles. The second kappa shape index (κ2) is 7.02. The topological polar surface area (TPSA) is 55.4 Å². The summed E-state index contributed by atoms with van der Waals surface area (Å²) >= 11 is 0. The Balaban J connectivity index is 1.67. The third kappa shape index (κ3) is 2.87. The molecule has 2 saturated heterocycles. The predicted molar refractivity (Wildman–Crippen MR) is 108 cm³/mol. The molecule has 29 heavy (non-hydrogen) atoms. The summed E-state index contributed by atoms with van der Waals surface area (Å²) in [6.07, 6.45) is 0.971. The number of methoxy groups -OCH3 is 2. The molecule has 0 aromatic heterocycles. The van der Waals surface area contributed by atoms with Crippen LogP contribution in [0.1, 0.15) is 30.6 Å². The zero-order valence-corrected chi connectivity index (χ0v) is 17.0. The van der Waals surface area contributed by atoms with Crippen LogP contribution in [-0.4, -0.2) is 45.9 Å². The predicted octanol–water partition coefficient (Wildman–Crippen LogP) is 2.64. The monoisotopic (exact) mass is 396 g/mol. The molecule has 0 unspecified atom stereocenters. The lowest BCUT2D eigenvalue weighted by atomic mass is 9.66. The molecular weight excluding hydrogens is 371 g/mol. The van der Waals surface area contributed by atoms with E-state index in [4.69, 9.17) is 28.3 Å². The second-order valence-corrected chi connectivity index (χ2v) is 7.87. The van der Waals surface area contributed by atoms with Gasteiger partial charge in [0.1, 0.15) is 17.1 Å². The standard InChI is InChI=1S/C22H25BO6/c1-21(26-11-12-27-21)22-13-16-17(24-2)9-10-18(25-3)20(16)19(14-22)28-23(29-22)15-7-5-4-6-8-15/h4-10,19H,11-14H2,1-3H3/t19-,22+/m0/s1. The van der Waals surface area contributed by atoms with Crippen LogP contribution in [0, 0.1) is 0 Å². The highest BCUT2D eigenvalue weighted by atomic mass is 16.8. The van der Waals surface area contributed by atoms with Gasteiger partial charge in [-0.05, 0) is 24.5 Å². The molecule has 6 nitrogen and oxygen atoms in total. The number of hydrogen-bond acceptors (Lipinski definition) is 6. The quantitative estimate of drug-likeness (QED) is 0.741. The van der Waals surface area contributed by atoms with Crippen molar-refractivity contribution < 1.29 is 28.3 Å². The zero-order valence-electron chi connectivity index (χ0n) is 17.0. The van der Waals surface area contributed by atoms with Gasteiger partial charge in [-0.15, -0.1) is 0 Å². The van der Waals surface area contributed by atoms with Crippen LogP contribution in [0.3, 0.4) is 0 Å². The largest absolute Gasteiger partial charge is 0.496 e. The Morgan fingerprint density at radius 3 is 2.34 bits per heavy atom. The summed E-state index contributed by atoms with van der Waals surface area (Å²) in [4.78, 5) is 0. The molecule has 2 aliphatic heterocycles. The summed E-state index contributed by atoms with van der Waals surface area (Å²) in [5.74, 6) is 0.724. The highest BCUT2D eigenvalue weighted by Gasteiger charge is 2.62. The van der Waals surface area contributed by atoms with Crippen molar-refractivity contribution in [2.75, 3.05) is 27.4 Å². The molecule has 3 aliphatic rings. The van der Waals surface area contributed by atoms with Crippen molar-refractivity contribution in [2.24, 2.45) is 0 Å². The lowest BCUT2D eigenvalue weighted by molar-refractivity contribution is -0.273. The zero-order chi connectivity index (χ0) is 20.1. The van der Waals surface area contributed by atoms with Crippen molar-refractivity contribution in [3.63, 3.8) is 0 Å². The molecule has 2 atom stereocenters. The van der Waals surface area contributed by atoms with Gasteiger partial charge in [-0.2, -0.15) is 0 Å². The van der Waals surface area contributed by atoms with E-state index in [-0.39, 0.29) is 6.10 Å². The van der Waals surface area contributed by atoms with E-state index in [0.717, 1.165) is 28.1 Å². The highest BCUT2D eigenvalue weighted by Crippen LogP contribution is 2.55. The Bertz CT molecular complexity index is 898. The lowest BCUT2D eigenvalue weighted by Crippen LogP contribution is -2.65. The van der Waals surface area contributed by atoms with Gasteiger partial charge in [-0.3, -0.25) is 0 Å². The van der Waals surface area contributed by atoms with E-state index < -0.39 is 18.5 Å². The van der Waals surface area contributed by atoms with Gasteiger partial charge in [-0.1, -0.05) is 30.3 Å². The van der Waals surface area contributed by atoms with E-state index in [1.807, 2.05) is 49.4 Å². The number of rotatable bonds is 4. The summed E-state index contributed by atoms with van der Waals surface area (Å²) in [6, 6.07) is 13.9. The molecule has 2 aromatic carbocycles. The first-order valence-electron chi connectivity index (χ1n) is 9.99. The number of benzene rings is 2. The Kier molecular flexibility index (Phi) is 4.59. The number of fused-ring (bicyclic) bond motifs is 4. The summed E-state index contributed by atoms with van der Waals surface area (Å²) < 4.78 is 36.7. The van der Waals surface area contributed by atoms with Crippen LogP contribution in [0.25, 0.3) is 0 Å². The van der Waals surface area contributed by atoms with Gasteiger partial charge in [0.2, 0.25) is 0 Å². The maximum Gasteiger partial charge on any atom is 0.494 e. The molecule has 152 valence electrons. The summed E-state index contributed by atoms with van der Waals surface area (Å²) in [5, 5.41) is 0. The average molecular weight is 396 g/mol. The number of ether oxygens (including phenoxy) is 4. The molecule has 0 radical (unpaired) electrons. The third-order valence-electron chi connectivity index (χ3n) is 6.37. The second-order valence-electron chi connectivity index (χ2n) is 7.87. The van der Waals surface area contributed by atoms with Gasteiger partial charge in [0, 0.05) is 24.0 Å². The SMILES string of the molecule is COc1ccc(OC)c2c1C[C@]1(C3(C)OCCO3)C[C@@H]2OB(c2ccccc2)O1. The lowest BCUT2D eigenvalue weighted by Gasteiger charge is -2.54. The highest BCUT2D eigenvalue weighted by molar-refractivity contribution is 6.61. The minimum absolute atomic E-state index is 0.229. The van der Waals surface area contributed by atoms with Gasteiger partial charge < -0.3 is 28.3 Å². The molecule has 0 saturated carbocycles. The van der Waals surface area contributed by atoms with E-state index in [1.54, 1.807) is 14.2 Å². The third-order valence-corrected chi connectivity index (χ3v) is 6.37. The summed E-state index contributed by atoms with van der Waals surface area (Å²) in [7, 11) is 2.84. The van der Waals surface area contributed by atoms with Crippen LogP contribution < -0.4 is 14.9 Å². The van der Waals surface area contributed by atoms with E-state index >= 15 is 0 Å². The maximum absolute atomic E-state index is 6.68. The van der Waals surface area contributed by atoms with Crippen molar-refractivity contribution in [2.45, 2.75) is 37.3 Å². The Hall–Kier alpha value is -2.06. The van der Waals surface area contributed by atoms with E-state index in [2.05, 4.69) is 0 Å². The van der Waals surface area contributed by atoms with Gasteiger partial charge in [-0.25, -0.2) is 0 Å². The van der Waals surface area contributed by atoms with Crippen LogP contribution in [0.15, 0.2) is 42.5 Å². The molecule has 2 heterocycles. The van der Waals surface area contributed by atoms with Crippen LogP contribution in [0.4, 0.5) is 0 Å². The van der Waals surface area contributed by atoms with Crippen LogP contribution in [0.5, 0.6) is 11.5 Å². The first-order chi connectivity index (χ1) is 14.1. The van der Waals surface area contributed by atoms with Crippen molar-refractivity contribution in [1.29, 1.82) is 0 Å². The van der Waals surface area contributed by atoms with Crippen molar-refractivity contribution in [1.82, 2.24) is 0 Å². The fraction of sp³-hybridized carbons (Fsp3) is 0.455. The fourth-order valence-electron chi connectivity index (χ4n) is 4.86. The van der Waals surface area contributed by atoms with Crippen LogP contribution >= 0.6 is 0 Å².